The number of anilines is 1. The number of nitrogens with zero attached hydrogens (tertiary/aromatic N) is 2. The van der Waals surface area contributed by atoms with Gasteiger partial charge in [-0.2, -0.15) is 0 Å². The Morgan fingerprint density at radius 3 is 2.86 bits per heavy atom. The Balaban J connectivity index is 1.69. The van der Waals surface area contributed by atoms with Crippen molar-refractivity contribution < 1.29 is 9.52 Å². The molecule has 0 amide bonds. The van der Waals surface area contributed by atoms with Crippen molar-refractivity contribution in [1.29, 1.82) is 5.41 Å². The van der Waals surface area contributed by atoms with Gasteiger partial charge >= 0.3 is 0 Å². The van der Waals surface area contributed by atoms with Gasteiger partial charge in [0.2, 0.25) is 5.95 Å². The molecule has 0 saturated heterocycles. The van der Waals surface area contributed by atoms with E-state index >= 15 is 0 Å². The van der Waals surface area contributed by atoms with Gasteiger partial charge in [0.15, 0.2) is 0 Å². The molecule has 7 nitrogen and oxygen atoms in total. The molecule has 28 heavy (non-hydrogen) atoms. The molecule has 4 rings (SSSR count). The zero-order valence-electron chi connectivity index (χ0n) is 15.2. The zero-order valence-corrected chi connectivity index (χ0v) is 16.0. The number of benzene rings is 2. The maximum Gasteiger partial charge on any atom is 0.293 e. The lowest BCUT2D eigenvalue weighted by Gasteiger charge is -2.29. The number of hydrogen-bond acceptors (Lipinski definition) is 5. The first-order valence-corrected chi connectivity index (χ1v) is 9.17. The Morgan fingerprint density at radius 2 is 2.14 bits per heavy atom. The van der Waals surface area contributed by atoms with Crippen molar-refractivity contribution in [1.82, 2.24) is 14.5 Å². The van der Waals surface area contributed by atoms with Crippen molar-refractivity contribution >= 4 is 28.6 Å². The van der Waals surface area contributed by atoms with E-state index in [0.29, 0.717) is 17.5 Å². The van der Waals surface area contributed by atoms with Gasteiger partial charge in [-0.15, -0.1) is 0 Å². The molecule has 2 aromatic heterocycles. The average Bonchev–Trinajstić information content (AvgIpc) is 3.28. The number of fused-ring (bicyclic) bond motifs is 1. The first kappa shape index (κ1) is 18.3. The van der Waals surface area contributed by atoms with E-state index in [4.69, 9.17) is 21.4 Å². The van der Waals surface area contributed by atoms with Crippen LogP contribution in [-0.4, -0.2) is 26.2 Å². The second-order valence-electron chi connectivity index (χ2n) is 6.86. The first-order valence-electron chi connectivity index (χ1n) is 8.80. The Labute approximate surface area is 166 Å². The minimum Gasteiger partial charge on any atom is -0.432 e. The molecule has 0 aliphatic heterocycles. The summed E-state index contributed by atoms with van der Waals surface area (Å²) >= 11 is 6.12. The van der Waals surface area contributed by atoms with Crippen LogP contribution in [0.5, 0.6) is 0 Å². The fourth-order valence-electron chi connectivity index (χ4n) is 3.19. The van der Waals surface area contributed by atoms with Crippen LogP contribution < -0.4 is 11.0 Å². The Bertz CT molecular complexity index is 1180. The van der Waals surface area contributed by atoms with Crippen LogP contribution in [0.25, 0.3) is 11.0 Å². The highest BCUT2D eigenvalue weighted by Gasteiger charge is 2.27. The van der Waals surface area contributed by atoms with Crippen molar-refractivity contribution in [3.05, 3.63) is 76.8 Å². The minimum atomic E-state index is -0.757. The lowest BCUT2D eigenvalue weighted by atomic mass is 9.93. The summed E-state index contributed by atoms with van der Waals surface area (Å²) < 4.78 is 6.74. The molecule has 1 unspecified atom stereocenters. The van der Waals surface area contributed by atoms with Crippen LogP contribution in [0.2, 0.25) is 5.02 Å². The molecule has 0 saturated carbocycles. The van der Waals surface area contributed by atoms with E-state index in [2.05, 4.69) is 15.3 Å². The van der Waals surface area contributed by atoms with E-state index < -0.39 is 5.54 Å². The van der Waals surface area contributed by atoms with E-state index in [1.165, 1.54) is 6.26 Å². The lowest BCUT2D eigenvalue weighted by molar-refractivity contribution is 0.223. The van der Waals surface area contributed by atoms with Crippen LogP contribution in [0.1, 0.15) is 18.1 Å². The topological polar surface area (TPSA) is 103 Å². The highest BCUT2D eigenvalue weighted by atomic mass is 35.5. The number of halogens is 1. The number of aliphatic hydroxyl groups is 1. The van der Waals surface area contributed by atoms with E-state index in [9.17, 15) is 5.11 Å². The van der Waals surface area contributed by atoms with Gasteiger partial charge in [-0.05, 0) is 36.2 Å². The normalized spacial score (nSPS) is 13.5. The number of oxazole rings is 1. The largest absolute Gasteiger partial charge is 0.432 e. The van der Waals surface area contributed by atoms with Crippen LogP contribution in [0.15, 0.2) is 59.3 Å². The number of para-hydroxylation sites is 1. The molecule has 2 aromatic carbocycles. The molecular weight excluding hydrogens is 378 g/mol. The predicted molar refractivity (Wildman–Crippen MR) is 107 cm³/mol. The smallest absolute Gasteiger partial charge is 0.293 e. The fourth-order valence-corrected chi connectivity index (χ4v) is 3.38. The summed E-state index contributed by atoms with van der Waals surface area (Å²) in [6.45, 7) is 2.23. The van der Waals surface area contributed by atoms with Gasteiger partial charge in [-0.1, -0.05) is 35.9 Å². The number of aromatic amines is 1. The monoisotopic (exact) mass is 397 g/mol. The molecule has 1 atom stereocenters. The van der Waals surface area contributed by atoms with Gasteiger partial charge in [0.25, 0.3) is 5.68 Å². The van der Waals surface area contributed by atoms with Crippen molar-refractivity contribution in [2.45, 2.75) is 19.0 Å². The number of imidazole rings is 1. The van der Waals surface area contributed by atoms with Gasteiger partial charge in [0.1, 0.15) is 6.26 Å². The van der Waals surface area contributed by atoms with Crippen LogP contribution in [-0.2, 0) is 12.1 Å². The standard InChI is InChI=1S/C20H20ClN5O2/c1-20(12-27,14-5-3-6-15(21)10-14)25-19-23-16-7-2-4-13(17(16)24-19)11-26-8-9-28-18(26)22/h2-10,22,27H,11-12H2,1H3,(H2,23,24,25). The maximum atomic E-state index is 10.0. The van der Waals surface area contributed by atoms with Crippen LogP contribution in [0.3, 0.4) is 0 Å². The number of aliphatic hydroxyl groups excluding tert-OH is 1. The maximum absolute atomic E-state index is 10.0. The highest BCUT2D eigenvalue weighted by molar-refractivity contribution is 6.30. The van der Waals surface area contributed by atoms with Crippen LogP contribution in [0.4, 0.5) is 5.95 Å². The summed E-state index contributed by atoms with van der Waals surface area (Å²) in [6, 6.07) is 13.2. The summed E-state index contributed by atoms with van der Waals surface area (Å²) in [6.07, 6.45) is 3.20. The zero-order chi connectivity index (χ0) is 19.7. The van der Waals surface area contributed by atoms with Crippen molar-refractivity contribution in [2.24, 2.45) is 0 Å². The van der Waals surface area contributed by atoms with E-state index in [1.54, 1.807) is 16.8 Å². The number of rotatable bonds is 6. The number of hydrogen-bond donors (Lipinski definition) is 4. The predicted octanol–water partition coefficient (Wildman–Crippen LogP) is 3.46. The van der Waals surface area contributed by atoms with Gasteiger partial charge in [-0.3, -0.25) is 9.98 Å². The van der Waals surface area contributed by atoms with Gasteiger partial charge in [0, 0.05) is 11.2 Å². The third kappa shape index (κ3) is 3.42. The van der Waals surface area contributed by atoms with E-state index in [1.807, 2.05) is 43.3 Å². The molecule has 144 valence electrons. The van der Waals surface area contributed by atoms with Crippen molar-refractivity contribution in [3.63, 3.8) is 0 Å². The molecule has 0 bridgehead atoms. The summed E-state index contributed by atoms with van der Waals surface area (Å²) in [5, 5.41) is 21.7. The molecule has 2 heterocycles. The van der Waals surface area contributed by atoms with E-state index in [0.717, 1.165) is 22.2 Å². The second-order valence-corrected chi connectivity index (χ2v) is 7.30. The number of H-pyrrole nitrogens is 1. The lowest BCUT2D eigenvalue weighted by Crippen LogP contribution is -2.36. The van der Waals surface area contributed by atoms with Crippen molar-refractivity contribution in [3.8, 4) is 0 Å². The summed E-state index contributed by atoms with van der Waals surface area (Å²) in [5.74, 6) is 0.544. The molecule has 0 radical (unpaired) electrons. The molecule has 0 aliphatic rings. The molecule has 0 aliphatic carbocycles. The fraction of sp³-hybridized carbons (Fsp3) is 0.200. The third-order valence-electron chi connectivity index (χ3n) is 4.79. The summed E-state index contributed by atoms with van der Waals surface area (Å²) in [7, 11) is 0. The van der Waals surface area contributed by atoms with Crippen molar-refractivity contribution in [2.75, 3.05) is 11.9 Å². The minimum absolute atomic E-state index is 0.0831. The third-order valence-corrected chi connectivity index (χ3v) is 5.03. The highest BCUT2D eigenvalue weighted by Crippen LogP contribution is 2.28. The van der Waals surface area contributed by atoms with Crippen LogP contribution in [0, 0.1) is 5.41 Å². The van der Waals surface area contributed by atoms with Gasteiger partial charge < -0.3 is 19.8 Å². The Hall–Kier alpha value is -3.03. The van der Waals surface area contributed by atoms with E-state index in [-0.39, 0.29) is 12.3 Å². The first-order chi connectivity index (χ1) is 13.5. The Kier molecular flexibility index (Phi) is 4.70. The second kappa shape index (κ2) is 7.18. The molecule has 4 N–H and O–H groups in total. The Morgan fingerprint density at radius 1 is 1.32 bits per heavy atom. The molecule has 0 fully saturated rings. The molecule has 4 aromatic rings. The number of aromatic nitrogens is 3. The molecule has 8 heteroatoms. The summed E-state index contributed by atoms with van der Waals surface area (Å²) in [4.78, 5) is 7.95. The summed E-state index contributed by atoms with van der Waals surface area (Å²) in [5.41, 5.74) is 2.80. The van der Waals surface area contributed by atoms with Crippen LogP contribution >= 0.6 is 11.6 Å². The van der Waals surface area contributed by atoms with Gasteiger partial charge in [0.05, 0.1) is 29.7 Å². The van der Waals surface area contributed by atoms with Gasteiger partial charge in [-0.25, -0.2) is 4.98 Å². The SMILES string of the molecule is CC(CO)(Nc1nc2c(Cn3ccoc3=N)cccc2[nH]1)c1cccc(Cl)c1. The number of nitrogens with one attached hydrogen (secondary N) is 3. The molecule has 0 spiro atoms. The average molecular weight is 398 g/mol. The molecular formula is C20H20ClN5O2. The quantitative estimate of drug-likeness (QED) is 0.400.